The Morgan fingerprint density at radius 1 is 0.545 bits per heavy atom. The van der Waals surface area contributed by atoms with Crippen molar-refractivity contribution in [2.45, 2.75) is 141 Å². The summed E-state index contributed by atoms with van der Waals surface area (Å²) in [5.41, 5.74) is 0. The second kappa shape index (κ2) is 23900. The van der Waals surface area contributed by atoms with Crippen LogP contribution in [0.5, 0.6) is 0 Å². The normalized spacial score (nSPS) is 3.14. The van der Waals surface area contributed by atoms with E-state index < -0.39 is 23.4 Å². The molecule has 1 nitrogen and oxygen atoms in total. The van der Waals surface area contributed by atoms with E-state index in [0.29, 0.717) is 0 Å². The maximum atomic E-state index is 9.00. The fraction of sp³-hybridized carbons (Fsp3) is 1.00. The number of hydrogen-bond acceptors (Lipinski definition) is 1. The van der Waals surface area contributed by atoms with Gasteiger partial charge in [0.2, 0.25) is 0 Å². The minimum atomic E-state index is -2.51. The maximum absolute atomic E-state index is 9.00. The first-order valence-corrected chi connectivity index (χ1v) is 0.218. The molecule has 0 aliphatic heterocycles. The fourth-order valence-corrected chi connectivity index (χ4v) is 0. The van der Waals surface area contributed by atoms with Gasteiger partial charge in [-0.05, 0) is 0 Å². The van der Waals surface area contributed by atoms with Crippen molar-refractivity contribution in [1.82, 2.24) is 0 Å². The topological polar surface area (TPSA) is 26.0 Å². The van der Waals surface area contributed by atoms with Gasteiger partial charge >= 0.3 is 25.2 Å². The summed E-state index contributed by atoms with van der Waals surface area (Å²) in [6, 6.07) is 0. The Balaban J connectivity index is -0.000000000721. The van der Waals surface area contributed by atoms with Gasteiger partial charge in [-0.25, -0.2) is 0 Å². The molecule has 0 aliphatic carbocycles. The first kappa shape index (κ1) is 241. The number of nitrogens with two attached hydrogens (primary N) is 1. The van der Waals surface area contributed by atoms with E-state index in [2.05, 4.69) is 5.96 Å². The predicted octanol–water partition coefficient (Wildman–Crippen LogP) is 12.2. The van der Waals surface area contributed by atoms with Crippen molar-refractivity contribution in [2.75, 3.05) is 0 Å². The van der Waals surface area contributed by atoms with Crippen LogP contribution in [0.3, 0.4) is 0 Å². The van der Waals surface area contributed by atoms with E-state index in [0.717, 1.165) is 0 Å². The molecule has 0 rings (SSSR count). The Hall–Kier alpha value is 0.620. The summed E-state index contributed by atoms with van der Waals surface area (Å²) >= 11 is -2.51. The van der Waals surface area contributed by atoms with Crippen LogP contribution in [0.15, 0.2) is 0 Å². The Bertz CT molecular complexity index is 43.1. The minimum absolute atomic E-state index is 0. The molecule has 0 fully saturated rings. The summed E-state index contributed by atoms with van der Waals surface area (Å²) in [5.74, 6) is 3.00. The standard InChI is InChI=1S/19CH4.FH2N.H3I.H2/c;;;;;;;;;;;;;;;;;;;1-2;;/h19*1H4;2H2;1H3;1H/i1D;;;;;;;;;;;;;;;;;;;;1T3;1+1D. The van der Waals surface area contributed by atoms with Crippen molar-refractivity contribution in [3.05, 3.63) is 0 Å². The molecule has 0 heterocycles. The van der Waals surface area contributed by atoms with Crippen molar-refractivity contribution in [3.63, 3.8) is 0 Å². The number of hydrogen-bond donors (Lipinski definition) is 1. The molecule has 0 radical (unpaired) electrons. The summed E-state index contributed by atoms with van der Waals surface area (Å²) in [5, 5.41) is 0. The number of rotatable bonds is 0. The van der Waals surface area contributed by atoms with Gasteiger partial charge in [-0.15, -0.1) is 4.48 Å². The zero-order valence-electron chi connectivity index (χ0n) is 8.33. The van der Waals surface area contributed by atoms with Crippen LogP contribution in [0.1, 0.15) is 145 Å². The Kier molecular flexibility index (Phi) is 262000. The van der Waals surface area contributed by atoms with Crippen LogP contribution in [0.2, 0.25) is 0 Å². The molecule has 0 aliphatic rings. The van der Waals surface area contributed by atoms with E-state index in [-0.39, 0.29) is 134 Å². The van der Waals surface area contributed by atoms with Crippen molar-refractivity contribution in [1.29, 1.82) is 1.78 Å². The average molecular weight is 481 g/mol. The summed E-state index contributed by atoms with van der Waals surface area (Å²) in [6.45, 7) is 0. The molecule has 0 bridgehead atoms. The zero-order chi connectivity index (χ0) is 9.58. The van der Waals surface area contributed by atoms with Gasteiger partial charge in [0.05, 0.1) is 0 Å². The van der Waals surface area contributed by atoms with E-state index in [4.69, 9.17) is 10.6 Å². The SMILES string of the molecule is C.C.C.C.C.C.C.C.C.C.C.C.C.C.C.C.C.C.NF.[2H]C.[2H][2H].[3H]I([3H])[3H]. The van der Waals surface area contributed by atoms with E-state index >= 15 is 0 Å². The van der Waals surface area contributed by atoms with Crippen molar-refractivity contribution in [2.24, 2.45) is 5.96 Å². The van der Waals surface area contributed by atoms with Crippen LogP contribution in [-0.4, -0.2) is 1.78 Å². The monoisotopic (exact) mass is 481 g/mol. The van der Waals surface area contributed by atoms with E-state index in [1.165, 1.54) is 7.40 Å². The Labute approximate surface area is 181 Å². The molecule has 0 amide bonds. The van der Waals surface area contributed by atoms with Crippen molar-refractivity contribution >= 4 is 23.4 Å². The van der Waals surface area contributed by atoms with Gasteiger partial charge in [-0.3, -0.25) is 0 Å². The van der Waals surface area contributed by atoms with Gasteiger partial charge in [0.25, 0.3) is 0 Å². The van der Waals surface area contributed by atoms with Crippen molar-refractivity contribution < 1.29 is 8.82 Å². The van der Waals surface area contributed by atoms with Crippen LogP contribution < -0.4 is 5.96 Å². The third-order valence-corrected chi connectivity index (χ3v) is 0. The first-order chi connectivity index (χ1) is 4.73. The average Bonchev–Trinajstić information content (AvgIpc) is 1.98. The summed E-state index contributed by atoms with van der Waals surface area (Å²) < 4.78 is 43.0. The van der Waals surface area contributed by atoms with Crippen LogP contribution in [0.25, 0.3) is 0 Å². The molecule has 178 valence electrons. The molecule has 0 atom stereocenters. The van der Waals surface area contributed by atoms with Gasteiger partial charge in [0.15, 0.2) is 0 Å². The molecule has 3 heteroatoms. The van der Waals surface area contributed by atoms with Crippen LogP contribution >= 0.6 is 23.4 Å². The third kappa shape index (κ3) is 20600. The van der Waals surface area contributed by atoms with Gasteiger partial charge < -0.3 is 0 Å². The molecule has 0 unspecified atom stereocenters. The summed E-state index contributed by atoms with van der Waals surface area (Å²) in [7, 11) is 1.25. The van der Waals surface area contributed by atoms with Gasteiger partial charge in [-0.2, -0.15) is 5.96 Å². The van der Waals surface area contributed by atoms with Crippen molar-refractivity contribution in [3.8, 4) is 0 Å². The predicted molar refractivity (Wildman–Crippen MR) is 154 cm³/mol. The van der Waals surface area contributed by atoms with Crippen LogP contribution in [-0.2, 0) is 0 Å². The van der Waals surface area contributed by atoms with E-state index in [1.807, 2.05) is 0 Å². The van der Waals surface area contributed by atoms with Crippen LogP contribution in [0.4, 0.5) is 4.48 Å². The molecule has 0 saturated heterocycles. The molecule has 2 N–H and O–H groups in total. The summed E-state index contributed by atoms with van der Waals surface area (Å²) in [6.07, 6.45) is 0. The number of halogens is 2. The fourth-order valence-electron chi connectivity index (χ4n) is 0. The Morgan fingerprint density at radius 3 is 0.545 bits per heavy atom. The molecule has 0 aromatic rings. The second-order valence-electron chi connectivity index (χ2n) is 0. The van der Waals surface area contributed by atoms with Gasteiger partial charge in [0, 0.05) is 4.34 Å². The van der Waals surface area contributed by atoms with Gasteiger partial charge in [0.1, 0.15) is 0 Å². The molecule has 22 heavy (non-hydrogen) atoms. The summed E-state index contributed by atoms with van der Waals surface area (Å²) in [4.78, 5) is 0. The second-order valence-corrected chi connectivity index (χ2v) is 0. The quantitative estimate of drug-likeness (QED) is 0.271. The zero-order valence-corrected chi connectivity index (χ0v) is 4.49. The molecule has 0 aromatic carbocycles. The molecule has 0 saturated carbocycles. The van der Waals surface area contributed by atoms with E-state index in [1.54, 1.807) is 0 Å². The van der Waals surface area contributed by atoms with Crippen LogP contribution in [0, 0.1) is 0 Å². The third-order valence-electron chi connectivity index (χ3n) is 0. The molecular weight excluding hydrogens is 388 g/mol. The molecular formula is C19H83FIN. The molecule has 0 aromatic heterocycles. The van der Waals surface area contributed by atoms with E-state index in [9.17, 15) is 0 Å². The Morgan fingerprint density at radius 2 is 0.545 bits per heavy atom. The first-order valence-electron chi connectivity index (χ1n) is 3.35. The molecule has 0 spiro atoms. The van der Waals surface area contributed by atoms with Gasteiger partial charge in [-0.1, -0.05) is 141 Å².